The molecule has 0 aromatic carbocycles. The number of hydrogen-bond acceptors (Lipinski definition) is 2. The zero-order valence-corrected chi connectivity index (χ0v) is 8.15. The summed E-state index contributed by atoms with van der Waals surface area (Å²) < 4.78 is 2.18. The van der Waals surface area contributed by atoms with Crippen molar-refractivity contribution in [1.29, 1.82) is 0 Å². The van der Waals surface area contributed by atoms with Gasteiger partial charge in [-0.05, 0) is 28.1 Å². The highest BCUT2D eigenvalue weighted by molar-refractivity contribution is 9.10. The van der Waals surface area contributed by atoms with Gasteiger partial charge in [-0.1, -0.05) is 0 Å². The number of nitrogens with zero attached hydrogens (tertiary/aromatic N) is 2. The molecular weight excluding hydrogens is 234 g/mol. The van der Waals surface area contributed by atoms with Crippen molar-refractivity contribution in [3.63, 3.8) is 0 Å². The normalized spacial score (nSPS) is 10.5. The van der Waals surface area contributed by atoms with Crippen LogP contribution in [0.5, 0.6) is 0 Å². The lowest BCUT2D eigenvalue weighted by molar-refractivity contribution is 0.251. The number of primary amides is 1. The number of aromatic nitrogens is 2. The third-order valence-electron chi connectivity index (χ3n) is 1.73. The van der Waals surface area contributed by atoms with E-state index in [1.165, 1.54) is 4.57 Å². The number of carbonyl (C=O) groups excluding carboxylic acids is 1. The van der Waals surface area contributed by atoms with Crippen LogP contribution in [0.25, 0.3) is 11.0 Å². The van der Waals surface area contributed by atoms with Crippen molar-refractivity contribution in [2.45, 2.75) is 0 Å². The Morgan fingerprint density at radius 2 is 2.38 bits per heavy atom. The van der Waals surface area contributed by atoms with E-state index in [9.17, 15) is 4.79 Å². The maximum atomic E-state index is 10.9. The smallest absolute Gasteiger partial charge is 0.324 e. The summed E-state index contributed by atoms with van der Waals surface area (Å²) >= 11 is 3.29. The number of amides is 1. The predicted molar refractivity (Wildman–Crippen MR) is 52.4 cm³/mol. The highest BCUT2D eigenvalue weighted by Crippen LogP contribution is 2.17. The monoisotopic (exact) mass is 239 g/mol. The third-order valence-corrected chi connectivity index (χ3v) is 2.16. The second kappa shape index (κ2) is 2.85. The van der Waals surface area contributed by atoms with Gasteiger partial charge >= 0.3 is 6.03 Å². The fourth-order valence-corrected chi connectivity index (χ4v) is 1.52. The first-order chi connectivity index (χ1) is 6.18. The van der Waals surface area contributed by atoms with Crippen LogP contribution in [0.15, 0.2) is 29.0 Å². The highest BCUT2D eigenvalue weighted by atomic mass is 79.9. The number of nitrogens with two attached hydrogens (primary N) is 1. The minimum Gasteiger partial charge on any atom is -0.351 e. The Morgan fingerprint density at radius 3 is 3.08 bits per heavy atom. The molecule has 5 heteroatoms. The van der Waals surface area contributed by atoms with Gasteiger partial charge in [-0.3, -0.25) is 4.57 Å². The summed E-state index contributed by atoms with van der Waals surface area (Å²) in [4.78, 5) is 15.0. The van der Waals surface area contributed by atoms with E-state index in [1.54, 1.807) is 18.5 Å². The Morgan fingerprint density at radius 1 is 1.62 bits per heavy atom. The molecule has 0 aliphatic carbocycles. The molecular formula is C8H6BrN3O. The van der Waals surface area contributed by atoms with Crippen molar-refractivity contribution < 1.29 is 4.79 Å². The van der Waals surface area contributed by atoms with Gasteiger partial charge in [0, 0.05) is 22.3 Å². The summed E-state index contributed by atoms with van der Waals surface area (Å²) in [6.45, 7) is 0. The largest absolute Gasteiger partial charge is 0.351 e. The molecule has 0 bridgehead atoms. The van der Waals surface area contributed by atoms with Gasteiger partial charge < -0.3 is 5.73 Å². The van der Waals surface area contributed by atoms with E-state index in [0.717, 1.165) is 9.86 Å². The Bertz CT molecular complexity index is 477. The van der Waals surface area contributed by atoms with Crippen LogP contribution < -0.4 is 5.73 Å². The van der Waals surface area contributed by atoms with E-state index < -0.39 is 6.03 Å². The third kappa shape index (κ3) is 1.31. The number of halogens is 1. The molecule has 4 nitrogen and oxygen atoms in total. The van der Waals surface area contributed by atoms with E-state index in [2.05, 4.69) is 20.9 Å². The molecule has 0 aliphatic rings. The van der Waals surface area contributed by atoms with Crippen LogP contribution in [0, 0.1) is 0 Å². The van der Waals surface area contributed by atoms with Crippen LogP contribution in [0.1, 0.15) is 0 Å². The van der Waals surface area contributed by atoms with Crippen molar-refractivity contribution in [2.75, 3.05) is 0 Å². The first kappa shape index (κ1) is 8.25. The van der Waals surface area contributed by atoms with Crippen molar-refractivity contribution in [3.05, 3.63) is 29.0 Å². The summed E-state index contributed by atoms with van der Waals surface area (Å²) in [5.74, 6) is 0. The highest BCUT2D eigenvalue weighted by Gasteiger charge is 2.05. The quantitative estimate of drug-likeness (QED) is 0.762. The fourth-order valence-electron chi connectivity index (χ4n) is 1.17. The van der Waals surface area contributed by atoms with Crippen molar-refractivity contribution >= 4 is 33.0 Å². The van der Waals surface area contributed by atoms with Gasteiger partial charge in [0.25, 0.3) is 0 Å². The Hall–Kier alpha value is -1.36. The van der Waals surface area contributed by atoms with E-state index in [-0.39, 0.29) is 0 Å². The summed E-state index contributed by atoms with van der Waals surface area (Å²) in [6.07, 6.45) is 3.23. The summed E-state index contributed by atoms with van der Waals surface area (Å²) in [5, 5.41) is 0.883. The first-order valence-electron chi connectivity index (χ1n) is 3.61. The van der Waals surface area contributed by atoms with Gasteiger partial charge in [0.2, 0.25) is 0 Å². The molecule has 2 rings (SSSR count). The lowest BCUT2D eigenvalue weighted by Crippen LogP contribution is -2.18. The zero-order chi connectivity index (χ0) is 9.42. The maximum absolute atomic E-state index is 10.9. The van der Waals surface area contributed by atoms with E-state index in [4.69, 9.17) is 5.73 Å². The van der Waals surface area contributed by atoms with Crippen molar-refractivity contribution in [3.8, 4) is 0 Å². The first-order valence-corrected chi connectivity index (χ1v) is 4.40. The summed E-state index contributed by atoms with van der Waals surface area (Å²) in [5.41, 5.74) is 5.71. The minimum absolute atomic E-state index is 0.523. The average Bonchev–Trinajstić information content (AvgIpc) is 2.46. The molecule has 2 aromatic heterocycles. The zero-order valence-electron chi connectivity index (χ0n) is 6.57. The molecule has 0 spiro atoms. The van der Waals surface area contributed by atoms with E-state index in [1.807, 2.05) is 6.07 Å². The summed E-state index contributed by atoms with van der Waals surface area (Å²) in [6, 6.07) is 3.14. The fraction of sp³-hybridized carbons (Fsp3) is 0. The Balaban J connectivity index is 2.76. The van der Waals surface area contributed by atoms with Gasteiger partial charge in [-0.25, -0.2) is 9.78 Å². The SMILES string of the molecule is NC(=O)n1ccc2cc(Br)cnc21. The van der Waals surface area contributed by atoms with Crippen LogP contribution in [0.3, 0.4) is 0 Å². The molecule has 0 aliphatic heterocycles. The molecule has 0 fully saturated rings. The van der Waals surface area contributed by atoms with Crippen LogP contribution in [0.2, 0.25) is 0 Å². The number of fused-ring (bicyclic) bond motifs is 1. The lowest BCUT2D eigenvalue weighted by Gasteiger charge is -1.97. The maximum Gasteiger partial charge on any atom is 0.324 e. The Kier molecular flexibility index (Phi) is 1.81. The molecule has 0 saturated heterocycles. The lowest BCUT2D eigenvalue weighted by atomic mass is 10.3. The molecule has 1 amide bonds. The number of hydrogen-bond donors (Lipinski definition) is 1. The van der Waals surface area contributed by atoms with Gasteiger partial charge in [0.15, 0.2) is 0 Å². The van der Waals surface area contributed by atoms with Crippen molar-refractivity contribution in [1.82, 2.24) is 9.55 Å². The average molecular weight is 240 g/mol. The van der Waals surface area contributed by atoms with Gasteiger partial charge in [-0.2, -0.15) is 0 Å². The topological polar surface area (TPSA) is 60.9 Å². The second-order valence-electron chi connectivity index (χ2n) is 2.59. The van der Waals surface area contributed by atoms with Gasteiger partial charge in [0.05, 0.1) is 0 Å². The molecule has 0 saturated carbocycles. The minimum atomic E-state index is -0.523. The molecule has 0 atom stereocenters. The van der Waals surface area contributed by atoms with Crippen LogP contribution in [-0.2, 0) is 0 Å². The number of carbonyl (C=O) groups is 1. The molecule has 0 radical (unpaired) electrons. The molecule has 13 heavy (non-hydrogen) atoms. The molecule has 0 unspecified atom stereocenters. The van der Waals surface area contributed by atoms with Gasteiger partial charge in [0.1, 0.15) is 5.65 Å². The molecule has 66 valence electrons. The van der Waals surface area contributed by atoms with E-state index in [0.29, 0.717) is 5.65 Å². The van der Waals surface area contributed by atoms with Crippen LogP contribution in [0.4, 0.5) is 4.79 Å². The summed E-state index contributed by atoms with van der Waals surface area (Å²) in [7, 11) is 0. The standard InChI is InChI=1S/C8H6BrN3O/c9-6-3-5-1-2-12(8(10)13)7(5)11-4-6/h1-4H,(H2,10,13). The van der Waals surface area contributed by atoms with E-state index >= 15 is 0 Å². The molecule has 2 heterocycles. The van der Waals surface area contributed by atoms with Crippen LogP contribution >= 0.6 is 15.9 Å². The molecule has 2 aromatic rings. The number of pyridine rings is 1. The Labute approximate surface area is 82.5 Å². The molecule has 2 N–H and O–H groups in total. The predicted octanol–water partition coefficient (Wildman–Crippen LogP) is 1.73. The van der Waals surface area contributed by atoms with Crippen molar-refractivity contribution in [2.24, 2.45) is 5.73 Å². The number of rotatable bonds is 0. The van der Waals surface area contributed by atoms with Gasteiger partial charge in [-0.15, -0.1) is 0 Å². The second-order valence-corrected chi connectivity index (χ2v) is 3.51. The van der Waals surface area contributed by atoms with Crippen LogP contribution in [-0.4, -0.2) is 15.6 Å².